The molecule has 28 heavy (non-hydrogen) atoms. The van der Waals surface area contributed by atoms with Crippen LogP contribution in [-0.2, 0) is 4.74 Å². The van der Waals surface area contributed by atoms with E-state index in [9.17, 15) is 4.79 Å². The van der Waals surface area contributed by atoms with Crippen molar-refractivity contribution in [1.82, 2.24) is 9.97 Å². The third kappa shape index (κ3) is 5.42. The lowest BCUT2D eigenvalue weighted by molar-refractivity contribution is 0.102. The third-order valence-electron chi connectivity index (χ3n) is 4.95. The van der Waals surface area contributed by atoms with Crippen LogP contribution in [0, 0.1) is 12.8 Å². The Hall–Kier alpha value is -2.67. The molecule has 0 unspecified atom stereocenters. The fraction of sp³-hybridized carbons (Fsp3) is 0.476. The van der Waals surface area contributed by atoms with Gasteiger partial charge in [0, 0.05) is 43.8 Å². The number of aromatic nitrogens is 2. The number of methoxy groups -OCH3 is 1. The van der Waals surface area contributed by atoms with Crippen LogP contribution in [0.15, 0.2) is 30.3 Å². The summed E-state index contributed by atoms with van der Waals surface area (Å²) in [6.45, 7) is 7.45. The molecule has 2 N–H and O–H groups in total. The van der Waals surface area contributed by atoms with Gasteiger partial charge in [-0.25, -0.2) is 9.97 Å². The quantitative estimate of drug-likeness (QED) is 0.714. The van der Waals surface area contributed by atoms with Gasteiger partial charge < -0.3 is 20.3 Å². The number of piperidine rings is 1. The molecule has 2 heterocycles. The predicted octanol–water partition coefficient (Wildman–Crippen LogP) is 3.33. The van der Waals surface area contributed by atoms with Crippen molar-refractivity contribution in [3.8, 4) is 0 Å². The van der Waals surface area contributed by atoms with Gasteiger partial charge in [-0.3, -0.25) is 4.79 Å². The first kappa shape index (κ1) is 20.1. The van der Waals surface area contributed by atoms with Gasteiger partial charge in [-0.1, -0.05) is 6.92 Å². The van der Waals surface area contributed by atoms with Gasteiger partial charge in [-0.05, 0) is 56.0 Å². The summed E-state index contributed by atoms with van der Waals surface area (Å²) < 4.78 is 5.01. The van der Waals surface area contributed by atoms with Gasteiger partial charge in [-0.15, -0.1) is 0 Å². The Kier molecular flexibility index (Phi) is 6.81. The van der Waals surface area contributed by atoms with E-state index < -0.39 is 0 Å². The molecule has 7 nitrogen and oxygen atoms in total. The minimum absolute atomic E-state index is 0.250. The average Bonchev–Trinajstić information content (AvgIpc) is 2.69. The lowest BCUT2D eigenvalue weighted by Crippen LogP contribution is -2.32. The SMILES string of the molecule is COCCNc1nc(C)cc(C(=O)Nc2ccc(N3CCC(C)CC3)cc2)n1. The molecule has 0 radical (unpaired) electrons. The van der Waals surface area contributed by atoms with E-state index in [1.54, 1.807) is 13.2 Å². The molecule has 1 amide bonds. The molecule has 0 spiro atoms. The molecule has 0 bridgehead atoms. The Morgan fingerprint density at radius 2 is 1.93 bits per heavy atom. The Labute approximate surface area is 166 Å². The molecule has 1 aromatic heterocycles. The minimum Gasteiger partial charge on any atom is -0.383 e. The number of ether oxygens (including phenoxy) is 1. The number of hydrogen-bond donors (Lipinski definition) is 2. The average molecular weight is 383 g/mol. The number of hydrogen-bond acceptors (Lipinski definition) is 6. The highest BCUT2D eigenvalue weighted by Crippen LogP contribution is 2.24. The Morgan fingerprint density at radius 3 is 2.61 bits per heavy atom. The van der Waals surface area contributed by atoms with E-state index in [-0.39, 0.29) is 5.91 Å². The normalized spacial score (nSPS) is 14.8. The number of nitrogens with zero attached hydrogens (tertiary/aromatic N) is 3. The van der Waals surface area contributed by atoms with Crippen LogP contribution in [0.5, 0.6) is 0 Å². The third-order valence-corrected chi connectivity index (χ3v) is 4.95. The Balaban J connectivity index is 1.62. The number of anilines is 3. The molecule has 1 aliphatic rings. The second kappa shape index (κ2) is 9.50. The minimum atomic E-state index is -0.250. The predicted molar refractivity (Wildman–Crippen MR) is 112 cm³/mol. The van der Waals surface area contributed by atoms with Crippen molar-refractivity contribution >= 4 is 23.2 Å². The largest absolute Gasteiger partial charge is 0.383 e. The first-order valence-electron chi connectivity index (χ1n) is 9.80. The fourth-order valence-corrected chi connectivity index (χ4v) is 3.25. The van der Waals surface area contributed by atoms with Crippen LogP contribution in [0.2, 0.25) is 0 Å². The van der Waals surface area contributed by atoms with Crippen molar-refractivity contribution in [2.45, 2.75) is 26.7 Å². The number of amides is 1. The van der Waals surface area contributed by atoms with Crippen LogP contribution in [0.1, 0.15) is 35.9 Å². The highest BCUT2D eigenvalue weighted by Gasteiger charge is 2.16. The second-order valence-electron chi connectivity index (χ2n) is 7.31. The van der Waals surface area contributed by atoms with Crippen molar-refractivity contribution in [3.05, 3.63) is 41.7 Å². The number of carbonyl (C=O) groups excluding carboxylic acids is 1. The van der Waals surface area contributed by atoms with Crippen LogP contribution in [0.4, 0.5) is 17.3 Å². The van der Waals surface area contributed by atoms with Crippen molar-refractivity contribution < 1.29 is 9.53 Å². The molecule has 1 fully saturated rings. The first-order chi connectivity index (χ1) is 13.5. The summed E-state index contributed by atoms with van der Waals surface area (Å²) in [4.78, 5) is 23.6. The van der Waals surface area contributed by atoms with E-state index in [1.165, 1.54) is 18.5 Å². The lowest BCUT2D eigenvalue weighted by Gasteiger charge is -2.32. The molecule has 1 saturated heterocycles. The van der Waals surface area contributed by atoms with Gasteiger partial charge in [0.05, 0.1) is 6.61 Å². The zero-order valence-corrected chi connectivity index (χ0v) is 16.9. The van der Waals surface area contributed by atoms with Crippen LogP contribution in [0.25, 0.3) is 0 Å². The van der Waals surface area contributed by atoms with Gasteiger partial charge in [0.25, 0.3) is 5.91 Å². The summed E-state index contributed by atoms with van der Waals surface area (Å²) in [6.07, 6.45) is 2.46. The fourth-order valence-electron chi connectivity index (χ4n) is 3.25. The Bertz CT molecular complexity index is 786. The monoisotopic (exact) mass is 383 g/mol. The molecule has 0 saturated carbocycles. The van der Waals surface area contributed by atoms with Gasteiger partial charge >= 0.3 is 0 Å². The molecule has 150 valence electrons. The van der Waals surface area contributed by atoms with E-state index in [1.807, 2.05) is 19.1 Å². The van der Waals surface area contributed by atoms with Crippen molar-refractivity contribution in [2.24, 2.45) is 5.92 Å². The summed E-state index contributed by atoms with van der Waals surface area (Å²) >= 11 is 0. The highest BCUT2D eigenvalue weighted by molar-refractivity contribution is 6.03. The van der Waals surface area contributed by atoms with E-state index in [2.05, 4.69) is 44.6 Å². The maximum absolute atomic E-state index is 12.6. The number of carbonyl (C=O) groups is 1. The number of aryl methyl sites for hydroxylation is 1. The maximum Gasteiger partial charge on any atom is 0.274 e. The highest BCUT2D eigenvalue weighted by atomic mass is 16.5. The van der Waals surface area contributed by atoms with Crippen molar-refractivity contribution in [3.63, 3.8) is 0 Å². The van der Waals surface area contributed by atoms with Gasteiger partial charge in [-0.2, -0.15) is 0 Å². The zero-order valence-electron chi connectivity index (χ0n) is 16.9. The molecule has 0 aliphatic carbocycles. The van der Waals surface area contributed by atoms with E-state index in [4.69, 9.17) is 4.74 Å². The van der Waals surface area contributed by atoms with E-state index in [0.29, 0.717) is 24.8 Å². The molecule has 3 rings (SSSR count). The molecule has 0 atom stereocenters. The first-order valence-corrected chi connectivity index (χ1v) is 9.80. The zero-order chi connectivity index (χ0) is 19.9. The maximum atomic E-state index is 12.6. The van der Waals surface area contributed by atoms with Crippen LogP contribution < -0.4 is 15.5 Å². The number of benzene rings is 1. The molecular weight excluding hydrogens is 354 g/mol. The smallest absolute Gasteiger partial charge is 0.274 e. The van der Waals surface area contributed by atoms with Gasteiger partial charge in [0.1, 0.15) is 5.69 Å². The Morgan fingerprint density at radius 1 is 1.21 bits per heavy atom. The lowest BCUT2D eigenvalue weighted by atomic mass is 9.99. The van der Waals surface area contributed by atoms with Gasteiger partial charge in [0.2, 0.25) is 5.95 Å². The number of rotatable bonds is 7. The molecule has 1 aliphatic heterocycles. The standard InChI is InChI=1S/C21H29N5O2/c1-15-8-11-26(12-9-15)18-6-4-17(5-7-18)24-20(27)19-14-16(2)23-21(25-19)22-10-13-28-3/h4-7,14-15H,8-13H2,1-3H3,(H,24,27)(H,22,23,25). The van der Waals surface area contributed by atoms with E-state index in [0.717, 1.165) is 30.4 Å². The number of nitrogens with one attached hydrogen (secondary N) is 2. The van der Waals surface area contributed by atoms with Crippen molar-refractivity contribution in [2.75, 3.05) is 48.9 Å². The molecule has 7 heteroatoms. The second-order valence-corrected chi connectivity index (χ2v) is 7.31. The van der Waals surface area contributed by atoms with E-state index >= 15 is 0 Å². The summed E-state index contributed by atoms with van der Waals surface area (Å²) in [5.41, 5.74) is 3.02. The van der Waals surface area contributed by atoms with Crippen LogP contribution in [-0.4, -0.2) is 49.2 Å². The van der Waals surface area contributed by atoms with Crippen LogP contribution in [0.3, 0.4) is 0 Å². The summed E-state index contributed by atoms with van der Waals surface area (Å²) in [5, 5.41) is 5.98. The summed E-state index contributed by atoms with van der Waals surface area (Å²) in [6, 6.07) is 9.69. The van der Waals surface area contributed by atoms with Crippen LogP contribution >= 0.6 is 0 Å². The molecule has 2 aromatic rings. The molecule has 1 aromatic carbocycles. The topological polar surface area (TPSA) is 79.4 Å². The summed E-state index contributed by atoms with van der Waals surface area (Å²) in [5.74, 6) is 0.983. The molecular formula is C21H29N5O2. The van der Waals surface area contributed by atoms with Gasteiger partial charge in [0.15, 0.2) is 0 Å². The summed E-state index contributed by atoms with van der Waals surface area (Å²) in [7, 11) is 1.63. The van der Waals surface area contributed by atoms with Crippen molar-refractivity contribution in [1.29, 1.82) is 0 Å².